The van der Waals surface area contributed by atoms with E-state index in [0.29, 0.717) is 6.54 Å². The van der Waals surface area contributed by atoms with Crippen LogP contribution in [0.4, 0.5) is 4.79 Å². The van der Waals surface area contributed by atoms with Crippen LogP contribution in [0.5, 0.6) is 0 Å². The molecule has 2 aromatic carbocycles. The van der Waals surface area contributed by atoms with Crippen molar-refractivity contribution in [1.29, 1.82) is 0 Å². The predicted molar refractivity (Wildman–Crippen MR) is 103 cm³/mol. The number of hydrogen-bond acceptors (Lipinski definition) is 3. The van der Waals surface area contributed by atoms with Crippen LogP contribution in [0.1, 0.15) is 24.0 Å². The van der Waals surface area contributed by atoms with Gasteiger partial charge in [-0.3, -0.25) is 0 Å². The van der Waals surface area contributed by atoms with Crippen LogP contribution in [0.15, 0.2) is 71.4 Å². The Balaban J connectivity index is 1.47. The van der Waals surface area contributed by atoms with Gasteiger partial charge in [-0.2, -0.15) is 11.3 Å². The molecule has 3 aromatic rings. The van der Waals surface area contributed by atoms with E-state index in [-0.39, 0.29) is 18.6 Å². The molecule has 0 spiro atoms. The molecule has 3 nitrogen and oxygen atoms in total. The number of rotatable bonds is 6. The summed E-state index contributed by atoms with van der Waals surface area (Å²) >= 11 is 1.70. The fraction of sp³-hybridized carbons (Fsp3) is 0.190. The second-order valence-corrected chi connectivity index (χ2v) is 6.76. The predicted octanol–water partition coefficient (Wildman–Crippen LogP) is 5.45. The highest BCUT2D eigenvalue weighted by molar-refractivity contribution is 7.08. The van der Waals surface area contributed by atoms with Gasteiger partial charge < -0.3 is 10.1 Å². The minimum absolute atomic E-state index is 0.223. The molecule has 4 heteroatoms. The van der Waals surface area contributed by atoms with E-state index < -0.39 is 0 Å². The van der Waals surface area contributed by atoms with Gasteiger partial charge in [0.15, 0.2) is 0 Å². The molecule has 0 radical (unpaired) electrons. The number of carbonyl (C=O) groups excluding carboxylic acids is 1. The molecule has 25 heavy (non-hydrogen) atoms. The minimum Gasteiger partial charge on any atom is -0.445 e. The first-order valence-electron chi connectivity index (χ1n) is 8.29. The highest BCUT2D eigenvalue weighted by Gasteiger charge is 2.09. The number of benzene rings is 2. The molecule has 1 unspecified atom stereocenters. The molecule has 1 atom stereocenters. The molecule has 128 valence electrons. The van der Waals surface area contributed by atoms with Gasteiger partial charge in [-0.25, -0.2) is 4.79 Å². The number of hydrogen-bond donors (Lipinski definition) is 1. The van der Waals surface area contributed by atoms with Crippen molar-refractivity contribution in [3.63, 3.8) is 0 Å². The zero-order valence-electron chi connectivity index (χ0n) is 14.1. The number of amides is 1. The number of nitrogens with one attached hydrogen (secondary N) is 1. The van der Waals surface area contributed by atoms with E-state index in [2.05, 4.69) is 53.3 Å². The molecule has 0 saturated heterocycles. The first-order chi connectivity index (χ1) is 12.2. The van der Waals surface area contributed by atoms with Gasteiger partial charge in [0.2, 0.25) is 0 Å². The maximum absolute atomic E-state index is 11.8. The summed E-state index contributed by atoms with van der Waals surface area (Å²) in [5, 5.41) is 7.06. The summed E-state index contributed by atoms with van der Waals surface area (Å²) in [7, 11) is 0. The van der Waals surface area contributed by atoms with Gasteiger partial charge in [0.05, 0.1) is 0 Å². The number of thiophene rings is 1. The van der Waals surface area contributed by atoms with Crippen molar-refractivity contribution in [1.82, 2.24) is 5.32 Å². The molecular formula is C21H21NO2S. The van der Waals surface area contributed by atoms with Crippen molar-refractivity contribution in [2.45, 2.75) is 19.4 Å². The Morgan fingerprint density at radius 2 is 1.80 bits per heavy atom. The molecule has 0 aliphatic heterocycles. The number of alkyl carbamates (subject to hydrolysis) is 1. The lowest BCUT2D eigenvalue weighted by atomic mass is 9.98. The Bertz CT molecular complexity index is 783. The van der Waals surface area contributed by atoms with Gasteiger partial charge in [-0.15, -0.1) is 0 Å². The SMILES string of the molecule is CC(CNC(=O)OCc1ccccc1)c1ccc(-c2ccsc2)cc1. The molecule has 0 bridgehead atoms. The summed E-state index contributed by atoms with van der Waals surface area (Å²) in [4.78, 5) is 11.8. The number of ether oxygens (including phenoxy) is 1. The van der Waals surface area contributed by atoms with E-state index in [1.54, 1.807) is 11.3 Å². The monoisotopic (exact) mass is 351 g/mol. The highest BCUT2D eigenvalue weighted by atomic mass is 32.1. The van der Waals surface area contributed by atoms with Crippen LogP contribution in [0, 0.1) is 0 Å². The van der Waals surface area contributed by atoms with E-state index in [9.17, 15) is 4.79 Å². The van der Waals surface area contributed by atoms with Gasteiger partial charge in [0, 0.05) is 6.54 Å². The minimum atomic E-state index is -0.384. The van der Waals surface area contributed by atoms with Crippen LogP contribution in [0.3, 0.4) is 0 Å². The van der Waals surface area contributed by atoms with Gasteiger partial charge in [0.25, 0.3) is 0 Å². The summed E-state index contributed by atoms with van der Waals surface area (Å²) in [5.74, 6) is 0.223. The second-order valence-electron chi connectivity index (χ2n) is 5.98. The fourth-order valence-corrected chi connectivity index (χ4v) is 3.23. The summed E-state index contributed by atoms with van der Waals surface area (Å²) < 4.78 is 5.23. The van der Waals surface area contributed by atoms with E-state index in [4.69, 9.17) is 4.74 Å². The van der Waals surface area contributed by atoms with Crippen LogP contribution in [-0.2, 0) is 11.3 Å². The van der Waals surface area contributed by atoms with Crippen molar-refractivity contribution in [3.8, 4) is 11.1 Å². The third-order valence-electron chi connectivity index (χ3n) is 4.10. The largest absolute Gasteiger partial charge is 0.445 e. The Morgan fingerprint density at radius 1 is 1.04 bits per heavy atom. The lowest BCUT2D eigenvalue weighted by Crippen LogP contribution is -2.28. The van der Waals surface area contributed by atoms with Gasteiger partial charge >= 0.3 is 6.09 Å². The molecule has 0 aliphatic rings. The zero-order chi connectivity index (χ0) is 17.5. The number of carbonyl (C=O) groups is 1. The Labute approximate surface area is 152 Å². The first-order valence-corrected chi connectivity index (χ1v) is 9.24. The van der Waals surface area contributed by atoms with Crippen LogP contribution in [0.2, 0.25) is 0 Å². The van der Waals surface area contributed by atoms with Crippen molar-refractivity contribution in [2.24, 2.45) is 0 Å². The third-order valence-corrected chi connectivity index (χ3v) is 4.78. The van der Waals surface area contributed by atoms with Crippen molar-refractivity contribution < 1.29 is 9.53 Å². The first kappa shape index (κ1) is 17.2. The van der Waals surface area contributed by atoms with Crippen molar-refractivity contribution in [3.05, 3.63) is 82.6 Å². The van der Waals surface area contributed by atoms with E-state index in [0.717, 1.165) is 5.56 Å². The summed E-state index contributed by atoms with van der Waals surface area (Å²) in [6.45, 7) is 2.93. The summed E-state index contributed by atoms with van der Waals surface area (Å²) in [6, 6.07) is 20.3. The van der Waals surface area contributed by atoms with E-state index in [1.807, 2.05) is 30.3 Å². The maximum atomic E-state index is 11.8. The van der Waals surface area contributed by atoms with Crippen LogP contribution < -0.4 is 5.32 Å². The van der Waals surface area contributed by atoms with Gasteiger partial charge in [-0.05, 0) is 45.0 Å². The maximum Gasteiger partial charge on any atom is 0.407 e. The fourth-order valence-electron chi connectivity index (χ4n) is 2.56. The average molecular weight is 351 g/mol. The van der Waals surface area contributed by atoms with Crippen LogP contribution in [-0.4, -0.2) is 12.6 Å². The molecule has 1 amide bonds. The summed E-state index contributed by atoms with van der Waals surface area (Å²) in [6.07, 6.45) is -0.384. The van der Waals surface area contributed by atoms with E-state index >= 15 is 0 Å². The zero-order valence-corrected chi connectivity index (χ0v) is 15.0. The van der Waals surface area contributed by atoms with Crippen molar-refractivity contribution >= 4 is 17.4 Å². The highest BCUT2D eigenvalue weighted by Crippen LogP contribution is 2.24. The average Bonchev–Trinajstić information content (AvgIpc) is 3.20. The molecule has 0 aliphatic carbocycles. The van der Waals surface area contributed by atoms with Crippen LogP contribution >= 0.6 is 11.3 Å². The standard InChI is InChI=1S/C21H21NO2S/c1-16(13-22-21(23)24-14-17-5-3-2-4-6-17)18-7-9-19(10-8-18)20-11-12-25-15-20/h2-12,15-16H,13-14H2,1H3,(H,22,23). The molecule has 0 saturated carbocycles. The topological polar surface area (TPSA) is 38.3 Å². The Kier molecular flexibility index (Phi) is 5.86. The lowest BCUT2D eigenvalue weighted by Gasteiger charge is -2.14. The van der Waals surface area contributed by atoms with Gasteiger partial charge in [-0.1, -0.05) is 61.5 Å². The van der Waals surface area contributed by atoms with Gasteiger partial charge in [0.1, 0.15) is 6.61 Å². The Hall–Kier alpha value is -2.59. The second kappa shape index (κ2) is 8.49. The van der Waals surface area contributed by atoms with Crippen LogP contribution in [0.25, 0.3) is 11.1 Å². The normalized spacial score (nSPS) is 11.7. The molecule has 1 aromatic heterocycles. The van der Waals surface area contributed by atoms with E-state index in [1.165, 1.54) is 16.7 Å². The molecule has 3 rings (SSSR count). The molecule has 0 fully saturated rings. The third kappa shape index (κ3) is 4.94. The summed E-state index contributed by atoms with van der Waals surface area (Å²) in [5.41, 5.74) is 4.64. The smallest absolute Gasteiger partial charge is 0.407 e. The quantitative estimate of drug-likeness (QED) is 0.642. The van der Waals surface area contributed by atoms with Crippen molar-refractivity contribution in [2.75, 3.05) is 6.54 Å². The molecule has 1 N–H and O–H groups in total. The molecule has 1 heterocycles. The Morgan fingerprint density at radius 3 is 2.48 bits per heavy atom. The molecular weight excluding hydrogens is 330 g/mol. The lowest BCUT2D eigenvalue weighted by molar-refractivity contribution is 0.139.